The average Bonchev–Trinajstić information content (AvgIpc) is 2.70. The largest absolute Gasteiger partial charge is 0.395 e. The van der Waals surface area contributed by atoms with Crippen LogP contribution in [0.2, 0.25) is 15.1 Å². The normalized spacial score (nSPS) is 15.2. The van der Waals surface area contributed by atoms with Crippen LogP contribution in [0.4, 0.5) is 0 Å². The van der Waals surface area contributed by atoms with Crippen molar-refractivity contribution in [1.29, 1.82) is 0 Å². The second-order valence-electron chi connectivity index (χ2n) is 6.59. The number of β-amino-alcohol motifs (C(OH)–C–C–N with tert-alkyl or cyclic N) is 1. The van der Waals surface area contributed by atoms with Crippen molar-refractivity contribution in [2.24, 2.45) is 0 Å². The molecule has 0 spiro atoms. The molecule has 1 saturated heterocycles. The van der Waals surface area contributed by atoms with Crippen molar-refractivity contribution in [3.8, 4) is 0 Å². The first kappa shape index (κ1) is 22.5. The lowest BCUT2D eigenvalue weighted by atomic mass is 10.2. The van der Waals surface area contributed by atoms with Gasteiger partial charge in [-0.3, -0.25) is 9.69 Å². The minimum absolute atomic E-state index is 0.0174. The maximum Gasteiger partial charge on any atom is 0.246 e. The van der Waals surface area contributed by atoms with E-state index >= 15 is 0 Å². The van der Waals surface area contributed by atoms with Crippen LogP contribution in [0.3, 0.4) is 0 Å². The standard InChI is InChI=1S/C21H21Cl3N2O2S/c22-16-3-5-20(18(24)14-16)29-19-4-1-15(13-17(19)23)2-6-21(28)26-9-7-25(8-10-26)11-12-27/h1-6,13-14,27H,7-12H2. The first-order valence-corrected chi connectivity index (χ1v) is 11.1. The second kappa shape index (κ2) is 10.7. The molecule has 4 nitrogen and oxygen atoms in total. The summed E-state index contributed by atoms with van der Waals surface area (Å²) < 4.78 is 0. The molecule has 0 aromatic heterocycles. The molecule has 3 rings (SSSR count). The summed E-state index contributed by atoms with van der Waals surface area (Å²) in [4.78, 5) is 18.1. The lowest BCUT2D eigenvalue weighted by Crippen LogP contribution is -2.48. The highest BCUT2D eigenvalue weighted by Gasteiger charge is 2.18. The summed E-state index contributed by atoms with van der Waals surface area (Å²) in [5.74, 6) is -0.0174. The Kier molecular flexibility index (Phi) is 8.30. The lowest BCUT2D eigenvalue weighted by Gasteiger charge is -2.33. The summed E-state index contributed by atoms with van der Waals surface area (Å²) in [5, 5.41) is 10.8. The van der Waals surface area contributed by atoms with E-state index in [4.69, 9.17) is 39.9 Å². The van der Waals surface area contributed by atoms with Crippen molar-refractivity contribution in [1.82, 2.24) is 9.80 Å². The number of carbonyl (C=O) groups excluding carboxylic acids is 1. The molecule has 154 valence electrons. The van der Waals surface area contributed by atoms with Gasteiger partial charge in [-0.05, 0) is 42.0 Å². The second-order valence-corrected chi connectivity index (χ2v) is 8.93. The molecule has 1 fully saturated rings. The Balaban J connectivity index is 1.60. The van der Waals surface area contributed by atoms with Gasteiger partial charge >= 0.3 is 0 Å². The molecule has 1 aliphatic rings. The predicted molar refractivity (Wildman–Crippen MR) is 121 cm³/mol. The molecule has 0 unspecified atom stereocenters. The molecule has 8 heteroatoms. The Morgan fingerprint density at radius 1 is 1.00 bits per heavy atom. The van der Waals surface area contributed by atoms with E-state index in [0.717, 1.165) is 28.4 Å². The number of aliphatic hydroxyl groups is 1. The molecule has 0 radical (unpaired) electrons. The molecule has 0 atom stereocenters. The third kappa shape index (κ3) is 6.38. The fourth-order valence-corrected chi connectivity index (χ4v) is 4.64. The van der Waals surface area contributed by atoms with Crippen LogP contribution in [-0.4, -0.2) is 60.1 Å². The molecule has 0 aliphatic carbocycles. The number of halogens is 3. The lowest BCUT2D eigenvalue weighted by molar-refractivity contribution is -0.127. The number of benzene rings is 2. The van der Waals surface area contributed by atoms with Crippen molar-refractivity contribution in [3.63, 3.8) is 0 Å². The highest BCUT2D eigenvalue weighted by atomic mass is 35.5. The van der Waals surface area contributed by atoms with Crippen LogP contribution in [0.25, 0.3) is 6.08 Å². The van der Waals surface area contributed by atoms with E-state index in [-0.39, 0.29) is 12.5 Å². The zero-order chi connectivity index (χ0) is 20.8. The summed E-state index contributed by atoms with van der Waals surface area (Å²) in [6.45, 7) is 3.70. The van der Waals surface area contributed by atoms with Gasteiger partial charge in [0.25, 0.3) is 0 Å². The Morgan fingerprint density at radius 2 is 1.66 bits per heavy atom. The number of carbonyl (C=O) groups is 1. The van der Waals surface area contributed by atoms with Crippen molar-refractivity contribution < 1.29 is 9.90 Å². The maximum atomic E-state index is 12.4. The maximum absolute atomic E-state index is 12.4. The highest BCUT2D eigenvalue weighted by Crippen LogP contribution is 2.38. The summed E-state index contributed by atoms with van der Waals surface area (Å²) >= 11 is 20.1. The number of amides is 1. The van der Waals surface area contributed by atoms with Crippen molar-refractivity contribution in [2.45, 2.75) is 9.79 Å². The number of aliphatic hydroxyl groups excluding tert-OH is 1. The first-order valence-electron chi connectivity index (χ1n) is 9.19. The van der Waals surface area contributed by atoms with Gasteiger partial charge in [0.15, 0.2) is 0 Å². The van der Waals surface area contributed by atoms with Crippen molar-refractivity contribution >= 4 is 58.5 Å². The van der Waals surface area contributed by atoms with Gasteiger partial charge in [0, 0.05) is 53.6 Å². The summed E-state index contributed by atoms with van der Waals surface area (Å²) in [7, 11) is 0. The SMILES string of the molecule is O=C(C=Cc1ccc(Sc2ccc(Cl)cc2Cl)c(Cl)c1)N1CCN(CCO)CC1. The predicted octanol–water partition coefficient (Wildman–Crippen LogP) is 4.95. The van der Waals surface area contributed by atoms with E-state index in [1.54, 1.807) is 24.3 Å². The van der Waals surface area contributed by atoms with E-state index in [9.17, 15) is 4.79 Å². The zero-order valence-electron chi connectivity index (χ0n) is 15.7. The topological polar surface area (TPSA) is 43.8 Å². The smallest absolute Gasteiger partial charge is 0.246 e. The van der Waals surface area contributed by atoms with E-state index in [0.29, 0.717) is 34.7 Å². The minimum Gasteiger partial charge on any atom is -0.395 e. The summed E-state index contributed by atoms with van der Waals surface area (Å²) in [5.41, 5.74) is 0.855. The number of hydrogen-bond acceptors (Lipinski definition) is 4. The average molecular weight is 472 g/mol. The number of rotatable bonds is 6. The Hall–Kier alpha value is -1.21. The molecule has 1 amide bonds. The van der Waals surface area contributed by atoms with Gasteiger partial charge in [-0.2, -0.15) is 0 Å². The van der Waals surface area contributed by atoms with Crippen LogP contribution in [0, 0.1) is 0 Å². The molecule has 1 heterocycles. The Bertz CT molecular complexity index is 899. The third-order valence-electron chi connectivity index (χ3n) is 4.59. The number of piperazine rings is 1. The summed E-state index contributed by atoms with van der Waals surface area (Å²) in [6, 6.07) is 11.0. The van der Waals surface area contributed by atoms with Gasteiger partial charge in [-0.25, -0.2) is 0 Å². The van der Waals surface area contributed by atoms with Gasteiger partial charge in [0.05, 0.1) is 16.7 Å². The van der Waals surface area contributed by atoms with Gasteiger partial charge in [0.1, 0.15) is 0 Å². The van der Waals surface area contributed by atoms with Crippen LogP contribution in [-0.2, 0) is 4.79 Å². The molecule has 29 heavy (non-hydrogen) atoms. The van der Waals surface area contributed by atoms with E-state index < -0.39 is 0 Å². The van der Waals surface area contributed by atoms with Gasteiger partial charge in [-0.15, -0.1) is 0 Å². The van der Waals surface area contributed by atoms with E-state index in [1.165, 1.54) is 11.8 Å². The molecule has 2 aromatic carbocycles. The fraction of sp³-hybridized carbons (Fsp3) is 0.286. The van der Waals surface area contributed by atoms with E-state index in [1.807, 2.05) is 29.2 Å². The van der Waals surface area contributed by atoms with Crippen LogP contribution in [0.1, 0.15) is 5.56 Å². The van der Waals surface area contributed by atoms with Crippen LogP contribution < -0.4 is 0 Å². The van der Waals surface area contributed by atoms with Crippen LogP contribution in [0.5, 0.6) is 0 Å². The van der Waals surface area contributed by atoms with Gasteiger partial charge in [-0.1, -0.05) is 52.6 Å². The molecular formula is C21H21Cl3N2O2S. The number of hydrogen-bond donors (Lipinski definition) is 1. The quantitative estimate of drug-likeness (QED) is 0.606. The Morgan fingerprint density at radius 3 is 2.28 bits per heavy atom. The monoisotopic (exact) mass is 470 g/mol. The van der Waals surface area contributed by atoms with Gasteiger partial charge in [0.2, 0.25) is 5.91 Å². The molecule has 1 aliphatic heterocycles. The molecule has 1 N–H and O–H groups in total. The molecule has 0 bridgehead atoms. The minimum atomic E-state index is -0.0174. The molecular weight excluding hydrogens is 451 g/mol. The van der Waals surface area contributed by atoms with Gasteiger partial charge < -0.3 is 10.0 Å². The first-order chi connectivity index (χ1) is 14.0. The highest BCUT2D eigenvalue weighted by molar-refractivity contribution is 7.99. The van der Waals surface area contributed by atoms with Crippen LogP contribution in [0.15, 0.2) is 52.3 Å². The van der Waals surface area contributed by atoms with E-state index in [2.05, 4.69) is 4.90 Å². The van der Waals surface area contributed by atoms with Crippen molar-refractivity contribution in [2.75, 3.05) is 39.3 Å². The molecule has 0 saturated carbocycles. The third-order valence-corrected chi connectivity index (χ3v) is 6.82. The Labute approximate surface area is 190 Å². The number of nitrogens with zero attached hydrogens (tertiary/aromatic N) is 2. The van der Waals surface area contributed by atoms with Crippen LogP contribution >= 0.6 is 46.6 Å². The fourth-order valence-electron chi connectivity index (χ4n) is 2.99. The molecule has 2 aromatic rings. The zero-order valence-corrected chi connectivity index (χ0v) is 18.7. The summed E-state index contributed by atoms with van der Waals surface area (Å²) in [6.07, 6.45) is 3.36. The van der Waals surface area contributed by atoms with Crippen molar-refractivity contribution in [3.05, 3.63) is 63.1 Å².